The third-order valence-corrected chi connectivity index (χ3v) is 3.80. The second kappa shape index (κ2) is 4.90. The van der Waals surface area contributed by atoms with Crippen molar-refractivity contribution < 1.29 is 14.2 Å². The molecule has 0 unspecified atom stereocenters. The van der Waals surface area contributed by atoms with E-state index in [4.69, 9.17) is 4.74 Å². The van der Waals surface area contributed by atoms with Crippen LogP contribution in [0.25, 0.3) is 10.1 Å². The molecule has 0 aliphatic rings. The number of benzene rings is 2. The summed E-state index contributed by atoms with van der Waals surface area (Å²) in [5.41, 5.74) is 0. The lowest BCUT2D eigenvalue weighted by molar-refractivity contribution is 0.308. The van der Waals surface area contributed by atoms with Gasteiger partial charge in [0.25, 0.3) is 0 Å². The number of aromatic hydroxyl groups is 1. The van der Waals surface area contributed by atoms with Gasteiger partial charge in [0.05, 0.1) is 0 Å². The zero-order valence-corrected chi connectivity index (χ0v) is 10.8. The van der Waals surface area contributed by atoms with Gasteiger partial charge in [-0.3, -0.25) is 0 Å². The average molecular weight is 274 g/mol. The highest BCUT2D eigenvalue weighted by Crippen LogP contribution is 2.29. The summed E-state index contributed by atoms with van der Waals surface area (Å²) < 4.78 is 19.6. The van der Waals surface area contributed by atoms with Gasteiger partial charge in [-0.1, -0.05) is 6.07 Å². The first-order chi connectivity index (χ1) is 9.20. The van der Waals surface area contributed by atoms with E-state index in [9.17, 15) is 9.50 Å². The molecule has 2 nitrogen and oxygen atoms in total. The van der Waals surface area contributed by atoms with Gasteiger partial charge in [-0.2, -0.15) is 0 Å². The molecule has 0 aliphatic heterocycles. The summed E-state index contributed by atoms with van der Waals surface area (Å²) >= 11 is 1.56. The minimum absolute atomic E-state index is 0.256. The molecule has 19 heavy (non-hydrogen) atoms. The van der Waals surface area contributed by atoms with Crippen LogP contribution in [0, 0.1) is 5.82 Å². The van der Waals surface area contributed by atoms with E-state index < -0.39 is 0 Å². The number of rotatable bonds is 3. The van der Waals surface area contributed by atoms with Crippen molar-refractivity contribution in [1.29, 1.82) is 0 Å². The van der Waals surface area contributed by atoms with E-state index in [1.165, 1.54) is 12.1 Å². The number of phenols is 1. The summed E-state index contributed by atoms with van der Waals surface area (Å²) in [6.45, 7) is 0.392. The fourth-order valence-electron chi connectivity index (χ4n) is 1.86. The Hall–Kier alpha value is -2.07. The molecule has 0 spiro atoms. The van der Waals surface area contributed by atoms with Gasteiger partial charge < -0.3 is 9.84 Å². The Kier molecular flexibility index (Phi) is 3.09. The van der Waals surface area contributed by atoms with Crippen molar-refractivity contribution in [2.45, 2.75) is 6.61 Å². The highest BCUT2D eigenvalue weighted by molar-refractivity contribution is 7.19. The van der Waals surface area contributed by atoms with Crippen LogP contribution in [0.1, 0.15) is 4.88 Å². The van der Waals surface area contributed by atoms with E-state index in [0.717, 1.165) is 15.0 Å². The predicted octanol–water partition coefficient (Wildman–Crippen LogP) is 4.33. The second-order valence-corrected chi connectivity index (χ2v) is 5.35. The first-order valence-corrected chi connectivity index (χ1v) is 6.62. The van der Waals surface area contributed by atoms with Gasteiger partial charge in [-0.15, -0.1) is 11.3 Å². The van der Waals surface area contributed by atoms with E-state index in [0.29, 0.717) is 12.4 Å². The SMILES string of the molecule is Oc1ccc2cc(COc3cccc(F)c3)sc2c1. The van der Waals surface area contributed by atoms with Crippen molar-refractivity contribution in [2.75, 3.05) is 0 Å². The van der Waals surface area contributed by atoms with Crippen LogP contribution >= 0.6 is 11.3 Å². The lowest BCUT2D eigenvalue weighted by Gasteiger charge is -2.03. The molecule has 0 saturated carbocycles. The van der Waals surface area contributed by atoms with Crippen LogP contribution in [0.4, 0.5) is 4.39 Å². The molecule has 96 valence electrons. The molecule has 3 rings (SSSR count). The molecule has 0 radical (unpaired) electrons. The van der Waals surface area contributed by atoms with E-state index >= 15 is 0 Å². The number of phenolic OH excluding ortho intramolecular Hbond substituents is 1. The predicted molar refractivity (Wildman–Crippen MR) is 74.2 cm³/mol. The van der Waals surface area contributed by atoms with Gasteiger partial charge in [0.2, 0.25) is 0 Å². The first kappa shape index (κ1) is 12.0. The summed E-state index contributed by atoms with van der Waals surface area (Å²) in [6.07, 6.45) is 0. The van der Waals surface area contributed by atoms with Gasteiger partial charge in [-0.25, -0.2) is 4.39 Å². The Morgan fingerprint density at radius 1 is 1.11 bits per heavy atom. The molecule has 0 bridgehead atoms. The van der Waals surface area contributed by atoms with Crippen LogP contribution in [-0.2, 0) is 6.61 Å². The number of ether oxygens (including phenoxy) is 1. The maximum Gasteiger partial charge on any atom is 0.126 e. The molecule has 1 N–H and O–H groups in total. The van der Waals surface area contributed by atoms with Gasteiger partial charge >= 0.3 is 0 Å². The molecule has 4 heteroatoms. The smallest absolute Gasteiger partial charge is 0.126 e. The van der Waals surface area contributed by atoms with Crippen LogP contribution in [0.5, 0.6) is 11.5 Å². The fraction of sp³-hybridized carbons (Fsp3) is 0.0667. The van der Waals surface area contributed by atoms with Crippen LogP contribution < -0.4 is 4.74 Å². The highest BCUT2D eigenvalue weighted by atomic mass is 32.1. The Morgan fingerprint density at radius 3 is 2.84 bits per heavy atom. The minimum atomic E-state index is -0.307. The van der Waals surface area contributed by atoms with Gasteiger partial charge in [0, 0.05) is 15.6 Å². The van der Waals surface area contributed by atoms with Gasteiger partial charge in [0.1, 0.15) is 23.9 Å². The molecule has 1 aromatic heterocycles. The quantitative estimate of drug-likeness (QED) is 0.770. The van der Waals surface area contributed by atoms with Gasteiger partial charge in [0.15, 0.2) is 0 Å². The van der Waals surface area contributed by atoms with Gasteiger partial charge in [-0.05, 0) is 41.8 Å². The van der Waals surface area contributed by atoms with Crippen molar-refractivity contribution in [3.63, 3.8) is 0 Å². The zero-order chi connectivity index (χ0) is 13.2. The maximum atomic E-state index is 13.0. The van der Waals surface area contributed by atoms with E-state index in [1.807, 2.05) is 12.1 Å². The van der Waals surface area contributed by atoms with E-state index in [1.54, 1.807) is 35.6 Å². The Bertz CT molecular complexity index is 721. The summed E-state index contributed by atoms with van der Waals surface area (Å²) in [7, 11) is 0. The van der Waals surface area contributed by atoms with E-state index in [-0.39, 0.29) is 11.6 Å². The molecule has 0 aliphatic carbocycles. The molecule has 2 aromatic carbocycles. The lowest BCUT2D eigenvalue weighted by Crippen LogP contribution is -1.92. The molecule has 0 amide bonds. The summed E-state index contributed by atoms with van der Waals surface area (Å²) in [6, 6.07) is 13.4. The monoisotopic (exact) mass is 274 g/mol. The number of halogens is 1. The fourth-order valence-corrected chi connectivity index (χ4v) is 2.87. The zero-order valence-electron chi connectivity index (χ0n) is 9.97. The molecular weight excluding hydrogens is 263 g/mol. The Morgan fingerprint density at radius 2 is 2.00 bits per heavy atom. The average Bonchev–Trinajstić information content (AvgIpc) is 2.78. The molecule has 1 heterocycles. The van der Waals surface area contributed by atoms with Crippen LogP contribution in [0.15, 0.2) is 48.5 Å². The summed E-state index contributed by atoms with van der Waals surface area (Å²) in [5.74, 6) is 0.464. The first-order valence-electron chi connectivity index (χ1n) is 5.80. The van der Waals surface area contributed by atoms with Crippen LogP contribution in [0.2, 0.25) is 0 Å². The van der Waals surface area contributed by atoms with Crippen LogP contribution in [-0.4, -0.2) is 5.11 Å². The molecular formula is C15H11FO2S. The summed E-state index contributed by atoms with van der Waals surface area (Å²) in [5, 5.41) is 10.5. The maximum absolute atomic E-state index is 13.0. The Balaban J connectivity index is 1.78. The lowest BCUT2D eigenvalue weighted by atomic mass is 10.2. The van der Waals surface area contributed by atoms with Crippen molar-refractivity contribution in [2.24, 2.45) is 0 Å². The van der Waals surface area contributed by atoms with Crippen molar-refractivity contribution in [3.8, 4) is 11.5 Å². The highest BCUT2D eigenvalue weighted by Gasteiger charge is 2.04. The number of hydrogen-bond acceptors (Lipinski definition) is 3. The van der Waals surface area contributed by atoms with E-state index in [2.05, 4.69) is 0 Å². The summed E-state index contributed by atoms with van der Waals surface area (Å²) in [4.78, 5) is 1.03. The van der Waals surface area contributed by atoms with Crippen molar-refractivity contribution in [3.05, 3.63) is 59.2 Å². The largest absolute Gasteiger partial charge is 0.508 e. The van der Waals surface area contributed by atoms with Crippen molar-refractivity contribution >= 4 is 21.4 Å². The number of hydrogen-bond donors (Lipinski definition) is 1. The third-order valence-electron chi connectivity index (χ3n) is 2.73. The Labute approximate surface area is 113 Å². The topological polar surface area (TPSA) is 29.5 Å². The minimum Gasteiger partial charge on any atom is -0.508 e. The van der Waals surface area contributed by atoms with Crippen LogP contribution in [0.3, 0.4) is 0 Å². The number of thiophene rings is 1. The molecule has 0 saturated heterocycles. The second-order valence-electron chi connectivity index (χ2n) is 4.18. The molecule has 0 atom stereocenters. The third kappa shape index (κ3) is 2.69. The normalized spacial score (nSPS) is 10.8. The van der Waals surface area contributed by atoms with Crippen molar-refractivity contribution in [1.82, 2.24) is 0 Å². The molecule has 0 fully saturated rings. The molecule has 3 aromatic rings. The number of fused-ring (bicyclic) bond motifs is 1. The standard InChI is InChI=1S/C15H11FO2S/c16-11-2-1-3-13(7-11)18-9-14-6-10-4-5-12(17)8-15(10)19-14/h1-8,17H,9H2.